The van der Waals surface area contributed by atoms with Gasteiger partial charge in [-0.2, -0.15) is 7.05 Å². The van der Waals surface area contributed by atoms with Crippen molar-refractivity contribution in [2.75, 3.05) is 31.1 Å². The molecule has 1 N–H and O–H groups in total. The highest BCUT2D eigenvalue weighted by Crippen LogP contribution is 2.13. The Bertz CT molecular complexity index is 303. The number of nitrogens with zero attached hydrogens (tertiary/aromatic N) is 2. The van der Waals surface area contributed by atoms with E-state index in [-0.39, 0.29) is 0 Å². The molecule has 0 amide bonds. The van der Waals surface area contributed by atoms with Crippen molar-refractivity contribution in [3.05, 3.63) is 31.1 Å². The van der Waals surface area contributed by atoms with Crippen LogP contribution < -0.4 is 9.80 Å². The summed E-state index contributed by atoms with van der Waals surface area (Å²) in [5.74, 6) is 0. The Kier molecular flexibility index (Phi) is 2.68. The van der Waals surface area contributed by atoms with Gasteiger partial charge in [-0.1, -0.05) is 0 Å². The summed E-state index contributed by atoms with van der Waals surface area (Å²) in [5, 5.41) is 0. The molecular weight excluding hydrogens is 174 g/mol. The molecule has 1 aromatic heterocycles. The molecule has 3 heteroatoms. The molecule has 0 saturated carbocycles. The molecular formula is C11H17N3. The highest BCUT2D eigenvalue weighted by Gasteiger charge is 2.14. The molecule has 1 aliphatic rings. The van der Waals surface area contributed by atoms with Crippen LogP contribution in [-0.4, -0.2) is 31.2 Å². The fraction of sp³-hybridized carbons (Fsp3) is 0.455. The predicted molar refractivity (Wildman–Crippen MR) is 57.2 cm³/mol. The van der Waals surface area contributed by atoms with Crippen molar-refractivity contribution < 1.29 is 4.90 Å². The summed E-state index contributed by atoms with van der Waals surface area (Å²) >= 11 is 0. The number of nitrogens with one attached hydrogen (secondary N) is 1. The minimum Gasteiger partial charge on any atom is -0.465 e. The van der Waals surface area contributed by atoms with Gasteiger partial charge in [0.15, 0.2) is 0 Å². The lowest BCUT2D eigenvalue weighted by molar-refractivity contribution is -0.854. The zero-order valence-electron chi connectivity index (χ0n) is 8.66. The zero-order valence-corrected chi connectivity index (χ0v) is 8.66. The first-order valence-electron chi connectivity index (χ1n) is 5.09. The molecule has 0 aromatic carbocycles. The molecule has 0 spiro atoms. The van der Waals surface area contributed by atoms with Gasteiger partial charge in [-0.05, 0) is 18.6 Å². The number of piperazine rings is 1. The molecule has 0 radical (unpaired) electrons. The van der Waals surface area contributed by atoms with Gasteiger partial charge in [0.2, 0.25) is 0 Å². The van der Waals surface area contributed by atoms with E-state index in [1.54, 1.807) is 0 Å². The second-order valence-electron chi connectivity index (χ2n) is 3.96. The topological polar surface area (TPSA) is 20.6 Å². The van der Waals surface area contributed by atoms with Crippen LogP contribution in [0.3, 0.4) is 0 Å². The van der Waals surface area contributed by atoms with Crippen LogP contribution in [0.2, 0.25) is 0 Å². The van der Waals surface area contributed by atoms with E-state index < -0.39 is 0 Å². The van der Waals surface area contributed by atoms with Crippen molar-refractivity contribution in [3.8, 4) is 0 Å². The first-order valence-corrected chi connectivity index (χ1v) is 5.09. The normalized spacial score (nSPS) is 18.6. The van der Waals surface area contributed by atoms with Gasteiger partial charge in [-0.3, -0.25) is 4.98 Å². The third kappa shape index (κ3) is 2.04. The summed E-state index contributed by atoms with van der Waals surface area (Å²) in [7, 11) is 4.02. The molecule has 0 bridgehead atoms. The number of aryl methyl sites for hydroxylation is 1. The summed E-state index contributed by atoms with van der Waals surface area (Å²) in [5.41, 5.74) is 2.48. The summed E-state index contributed by atoms with van der Waals surface area (Å²) in [6, 6.07) is 2.20. The molecule has 1 aromatic rings. The molecule has 2 heterocycles. The number of anilines is 1. The predicted octanol–water partition coefficient (Wildman–Crippen LogP) is -0.113. The van der Waals surface area contributed by atoms with Crippen molar-refractivity contribution in [1.82, 2.24) is 4.98 Å². The molecule has 1 aliphatic heterocycles. The first kappa shape index (κ1) is 9.46. The number of rotatable bonds is 1. The van der Waals surface area contributed by atoms with E-state index in [1.165, 1.54) is 16.2 Å². The lowest BCUT2D eigenvalue weighted by Crippen LogP contribution is -3.10. The Labute approximate surface area is 85.4 Å². The van der Waals surface area contributed by atoms with Gasteiger partial charge in [0.1, 0.15) is 0 Å². The fourth-order valence-electron chi connectivity index (χ4n) is 1.79. The molecule has 2 rings (SSSR count). The number of hydrogen-bond acceptors (Lipinski definition) is 2. The van der Waals surface area contributed by atoms with Gasteiger partial charge < -0.3 is 9.80 Å². The molecule has 0 atom stereocenters. The average Bonchev–Trinajstić information content (AvgIpc) is 2.19. The number of hydrogen-bond donors (Lipinski definition) is 1. The van der Waals surface area contributed by atoms with E-state index in [0.29, 0.717) is 0 Å². The average molecular weight is 191 g/mol. The first-order chi connectivity index (χ1) is 6.75. The Balaban J connectivity index is 2.08. The van der Waals surface area contributed by atoms with Crippen LogP contribution in [0, 0.1) is 14.0 Å². The SMILES string of the molecule is [CH2-][NH+]1CCN(c2cncc(C)c2)CC1. The van der Waals surface area contributed by atoms with Gasteiger partial charge in [0.05, 0.1) is 38.1 Å². The van der Waals surface area contributed by atoms with Crippen molar-refractivity contribution in [2.45, 2.75) is 6.92 Å². The fourth-order valence-corrected chi connectivity index (χ4v) is 1.79. The Morgan fingerprint density at radius 1 is 1.36 bits per heavy atom. The van der Waals surface area contributed by atoms with E-state index in [9.17, 15) is 0 Å². The number of quaternary nitrogens is 1. The second-order valence-corrected chi connectivity index (χ2v) is 3.96. The van der Waals surface area contributed by atoms with Crippen LogP contribution >= 0.6 is 0 Å². The minimum atomic E-state index is 1.09. The van der Waals surface area contributed by atoms with Crippen molar-refractivity contribution >= 4 is 5.69 Å². The summed E-state index contributed by atoms with van der Waals surface area (Å²) in [4.78, 5) is 7.97. The third-order valence-corrected chi connectivity index (χ3v) is 2.70. The highest BCUT2D eigenvalue weighted by molar-refractivity contribution is 5.45. The third-order valence-electron chi connectivity index (χ3n) is 2.70. The second kappa shape index (κ2) is 3.96. The maximum Gasteiger partial charge on any atom is 0.0709 e. The van der Waals surface area contributed by atoms with Crippen LogP contribution in [0.5, 0.6) is 0 Å². The Morgan fingerprint density at radius 2 is 2.07 bits per heavy atom. The molecule has 14 heavy (non-hydrogen) atoms. The Morgan fingerprint density at radius 3 is 2.71 bits per heavy atom. The van der Waals surface area contributed by atoms with Crippen LogP contribution in [0.15, 0.2) is 18.5 Å². The van der Waals surface area contributed by atoms with Crippen molar-refractivity contribution in [1.29, 1.82) is 0 Å². The lowest BCUT2D eigenvalue weighted by Gasteiger charge is -2.35. The van der Waals surface area contributed by atoms with Crippen LogP contribution in [-0.2, 0) is 0 Å². The summed E-state index contributed by atoms with van der Waals surface area (Å²) in [6.45, 7) is 6.50. The standard InChI is InChI=1S/C11H17N3/c1-10-7-11(9-12-8-10)14-5-3-13(2)4-6-14/h7-9,13H,2-6H2,1H3. The van der Waals surface area contributed by atoms with Gasteiger partial charge in [0, 0.05) is 6.20 Å². The quantitative estimate of drug-likeness (QED) is 0.625. The van der Waals surface area contributed by atoms with Gasteiger partial charge in [-0.25, -0.2) is 0 Å². The molecule has 1 saturated heterocycles. The molecule has 76 valence electrons. The smallest absolute Gasteiger partial charge is 0.0709 e. The summed E-state index contributed by atoms with van der Waals surface area (Å²) in [6.07, 6.45) is 3.84. The number of pyridine rings is 1. The molecule has 3 nitrogen and oxygen atoms in total. The van der Waals surface area contributed by atoms with Crippen LogP contribution in [0.1, 0.15) is 5.56 Å². The number of aromatic nitrogens is 1. The molecule has 1 fully saturated rings. The maximum atomic E-state index is 4.21. The zero-order chi connectivity index (χ0) is 9.97. The van der Waals surface area contributed by atoms with E-state index >= 15 is 0 Å². The largest absolute Gasteiger partial charge is 0.465 e. The van der Waals surface area contributed by atoms with E-state index in [4.69, 9.17) is 0 Å². The molecule has 0 aliphatic carbocycles. The lowest BCUT2D eigenvalue weighted by atomic mass is 10.2. The maximum absolute atomic E-state index is 4.21. The Hall–Kier alpha value is -1.09. The highest BCUT2D eigenvalue weighted by atomic mass is 15.2. The van der Waals surface area contributed by atoms with Crippen LogP contribution in [0.4, 0.5) is 5.69 Å². The van der Waals surface area contributed by atoms with E-state index in [2.05, 4.69) is 29.9 Å². The summed E-state index contributed by atoms with van der Waals surface area (Å²) < 4.78 is 0. The van der Waals surface area contributed by atoms with Crippen molar-refractivity contribution in [2.24, 2.45) is 0 Å². The van der Waals surface area contributed by atoms with E-state index in [0.717, 1.165) is 26.2 Å². The van der Waals surface area contributed by atoms with E-state index in [1.807, 2.05) is 12.4 Å². The monoisotopic (exact) mass is 191 g/mol. The van der Waals surface area contributed by atoms with Gasteiger partial charge in [0.25, 0.3) is 0 Å². The molecule has 0 unspecified atom stereocenters. The van der Waals surface area contributed by atoms with Gasteiger partial charge in [-0.15, -0.1) is 0 Å². The van der Waals surface area contributed by atoms with Gasteiger partial charge >= 0.3 is 0 Å². The minimum absolute atomic E-state index is 1.09. The van der Waals surface area contributed by atoms with Crippen molar-refractivity contribution in [3.63, 3.8) is 0 Å². The van der Waals surface area contributed by atoms with Crippen LogP contribution in [0.25, 0.3) is 0 Å².